The maximum absolute atomic E-state index is 9.71. The van der Waals surface area contributed by atoms with Gasteiger partial charge in [0.25, 0.3) is 0 Å². The Balaban J connectivity index is 2.08. The van der Waals surface area contributed by atoms with Crippen LogP contribution in [0.2, 0.25) is 0 Å². The molecule has 4 N–H and O–H groups in total. The van der Waals surface area contributed by atoms with E-state index in [1.807, 2.05) is 6.20 Å². The molecule has 1 fully saturated rings. The first-order valence-electron chi connectivity index (χ1n) is 6.70. The summed E-state index contributed by atoms with van der Waals surface area (Å²) >= 11 is 0. The minimum atomic E-state index is -0.143. The third-order valence-corrected chi connectivity index (χ3v) is 4.47. The van der Waals surface area contributed by atoms with E-state index < -0.39 is 0 Å². The summed E-state index contributed by atoms with van der Waals surface area (Å²) in [4.78, 5) is 3.26. The average molecular weight is 244 g/mol. The van der Waals surface area contributed by atoms with Crippen LogP contribution < -0.4 is 5.73 Å². The Hall–Kier alpha value is -1.32. The average Bonchev–Trinajstić information content (AvgIpc) is 2.88. The number of aromatic amines is 1. The largest absolute Gasteiger partial charge is 0.393 e. The first kappa shape index (κ1) is 11.8. The molecule has 1 saturated carbocycles. The zero-order valence-corrected chi connectivity index (χ0v) is 10.5. The molecule has 1 aromatic carbocycles. The summed E-state index contributed by atoms with van der Waals surface area (Å²) in [5, 5.41) is 11.0. The molecule has 0 aliphatic heterocycles. The first-order valence-corrected chi connectivity index (χ1v) is 6.70. The second-order valence-electron chi connectivity index (χ2n) is 5.46. The molecule has 1 aliphatic carbocycles. The normalized spacial score (nSPS) is 28.7. The standard InChI is InChI=1S/C15H20N2O/c16-10-15(7-4-11(18)5-8-15)13-2-1-3-14-12(13)6-9-17-14/h1-3,6,9,11,17-18H,4-5,7-8,10,16H2. The third-order valence-electron chi connectivity index (χ3n) is 4.47. The van der Waals surface area contributed by atoms with Crippen molar-refractivity contribution in [2.75, 3.05) is 6.54 Å². The van der Waals surface area contributed by atoms with Crippen molar-refractivity contribution in [3.05, 3.63) is 36.0 Å². The van der Waals surface area contributed by atoms with Gasteiger partial charge in [0.2, 0.25) is 0 Å². The smallest absolute Gasteiger partial charge is 0.0541 e. The number of nitrogens with two attached hydrogens (primary N) is 1. The van der Waals surface area contributed by atoms with Gasteiger partial charge in [-0.2, -0.15) is 0 Å². The number of nitrogens with one attached hydrogen (secondary N) is 1. The fourth-order valence-electron chi connectivity index (χ4n) is 3.29. The molecule has 18 heavy (non-hydrogen) atoms. The van der Waals surface area contributed by atoms with Crippen molar-refractivity contribution >= 4 is 10.9 Å². The Morgan fingerprint density at radius 1 is 1.28 bits per heavy atom. The minimum absolute atomic E-state index is 0.0426. The van der Waals surface area contributed by atoms with Crippen LogP contribution in [0.15, 0.2) is 30.5 Å². The van der Waals surface area contributed by atoms with E-state index >= 15 is 0 Å². The van der Waals surface area contributed by atoms with E-state index in [0.717, 1.165) is 25.7 Å². The van der Waals surface area contributed by atoms with Crippen molar-refractivity contribution in [1.82, 2.24) is 4.98 Å². The van der Waals surface area contributed by atoms with Gasteiger partial charge in [-0.15, -0.1) is 0 Å². The van der Waals surface area contributed by atoms with Crippen molar-refractivity contribution in [3.8, 4) is 0 Å². The summed E-state index contributed by atoms with van der Waals surface area (Å²) in [7, 11) is 0. The monoisotopic (exact) mass is 244 g/mol. The van der Waals surface area contributed by atoms with Crippen LogP contribution in [0.1, 0.15) is 31.2 Å². The predicted octanol–water partition coefficient (Wildman–Crippen LogP) is 2.30. The van der Waals surface area contributed by atoms with Crippen LogP contribution in [0.5, 0.6) is 0 Å². The summed E-state index contributed by atoms with van der Waals surface area (Å²) in [6.07, 6.45) is 5.52. The molecular weight excluding hydrogens is 224 g/mol. The van der Waals surface area contributed by atoms with Gasteiger partial charge in [0.1, 0.15) is 0 Å². The second-order valence-corrected chi connectivity index (χ2v) is 5.46. The van der Waals surface area contributed by atoms with E-state index in [2.05, 4.69) is 29.2 Å². The Labute approximate surface area is 107 Å². The molecule has 1 aromatic heterocycles. The number of hydrogen-bond acceptors (Lipinski definition) is 2. The van der Waals surface area contributed by atoms with E-state index in [-0.39, 0.29) is 11.5 Å². The maximum atomic E-state index is 9.71. The maximum Gasteiger partial charge on any atom is 0.0541 e. The quantitative estimate of drug-likeness (QED) is 0.759. The van der Waals surface area contributed by atoms with E-state index in [4.69, 9.17) is 5.73 Å². The summed E-state index contributed by atoms with van der Waals surface area (Å²) in [5.41, 5.74) is 8.64. The van der Waals surface area contributed by atoms with Crippen LogP contribution in [0.4, 0.5) is 0 Å². The number of rotatable bonds is 2. The van der Waals surface area contributed by atoms with Gasteiger partial charge in [-0.3, -0.25) is 0 Å². The van der Waals surface area contributed by atoms with E-state index in [9.17, 15) is 5.11 Å². The SMILES string of the molecule is NCC1(c2cccc3[nH]ccc23)CCC(O)CC1. The summed E-state index contributed by atoms with van der Waals surface area (Å²) in [6.45, 7) is 0.657. The van der Waals surface area contributed by atoms with Crippen molar-refractivity contribution in [2.24, 2.45) is 5.73 Å². The van der Waals surface area contributed by atoms with Crippen LogP contribution >= 0.6 is 0 Å². The van der Waals surface area contributed by atoms with Crippen molar-refractivity contribution in [3.63, 3.8) is 0 Å². The molecule has 0 amide bonds. The third kappa shape index (κ3) is 1.74. The fourth-order valence-corrected chi connectivity index (χ4v) is 3.29. The van der Waals surface area contributed by atoms with Gasteiger partial charge >= 0.3 is 0 Å². The molecule has 0 radical (unpaired) electrons. The molecule has 2 aromatic rings. The van der Waals surface area contributed by atoms with E-state index in [1.165, 1.54) is 16.5 Å². The number of aromatic nitrogens is 1. The molecule has 3 nitrogen and oxygen atoms in total. The predicted molar refractivity (Wildman–Crippen MR) is 73.5 cm³/mol. The molecular formula is C15H20N2O. The molecule has 0 atom stereocenters. The first-order chi connectivity index (χ1) is 8.75. The van der Waals surface area contributed by atoms with Gasteiger partial charge in [-0.25, -0.2) is 0 Å². The lowest BCUT2D eigenvalue weighted by molar-refractivity contribution is 0.0979. The lowest BCUT2D eigenvalue weighted by Gasteiger charge is -2.39. The topological polar surface area (TPSA) is 62.0 Å². The zero-order chi connectivity index (χ0) is 12.6. The van der Waals surface area contributed by atoms with E-state index in [1.54, 1.807) is 0 Å². The molecule has 3 heteroatoms. The van der Waals surface area contributed by atoms with Crippen molar-refractivity contribution in [1.29, 1.82) is 0 Å². The molecule has 0 bridgehead atoms. The molecule has 1 aliphatic rings. The van der Waals surface area contributed by atoms with Gasteiger partial charge in [0.05, 0.1) is 6.10 Å². The van der Waals surface area contributed by atoms with Crippen molar-refractivity contribution < 1.29 is 5.11 Å². The highest BCUT2D eigenvalue weighted by atomic mass is 16.3. The lowest BCUT2D eigenvalue weighted by Crippen LogP contribution is -2.40. The van der Waals surface area contributed by atoms with Crippen LogP contribution in [0, 0.1) is 0 Å². The Kier molecular flexibility index (Phi) is 2.88. The molecule has 1 heterocycles. The van der Waals surface area contributed by atoms with Gasteiger partial charge in [-0.05, 0) is 43.4 Å². The van der Waals surface area contributed by atoms with Gasteiger partial charge in [0.15, 0.2) is 0 Å². The van der Waals surface area contributed by atoms with Crippen LogP contribution in [-0.2, 0) is 5.41 Å². The number of aliphatic hydroxyl groups excluding tert-OH is 1. The number of aliphatic hydroxyl groups is 1. The highest BCUT2D eigenvalue weighted by molar-refractivity contribution is 5.84. The van der Waals surface area contributed by atoms with Crippen LogP contribution in [0.3, 0.4) is 0 Å². The fraction of sp³-hybridized carbons (Fsp3) is 0.467. The zero-order valence-electron chi connectivity index (χ0n) is 10.5. The molecule has 0 spiro atoms. The summed E-state index contributed by atoms with van der Waals surface area (Å²) in [5.74, 6) is 0. The molecule has 3 rings (SSSR count). The van der Waals surface area contributed by atoms with E-state index in [0.29, 0.717) is 6.54 Å². The Bertz CT molecular complexity index is 538. The Morgan fingerprint density at radius 3 is 2.78 bits per heavy atom. The molecule has 0 saturated heterocycles. The molecule has 96 valence electrons. The second kappa shape index (κ2) is 4.41. The lowest BCUT2D eigenvalue weighted by atomic mass is 9.68. The van der Waals surface area contributed by atoms with Crippen molar-refractivity contribution in [2.45, 2.75) is 37.2 Å². The number of hydrogen-bond donors (Lipinski definition) is 3. The molecule has 0 unspecified atom stereocenters. The van der Waals surface area contributed by atoms with Crippen LogP contribution in [-0.4, -0.2) is 22.7 Å². The van der Waals surface area contributed by atoms with Gasteiger partial charge < -0.3 is 15.8 Å². The summed E-state index contributed by atoms with van der Waals surface area (Å²) < 4.78 is 0. The Morgan fingerprint density at radius 2 is 2.06 bits per heavy atom. The van der Waals surface area contributed by atoms with Gasteiger partial charge in [0, 0.05) is 29.1 Å². The number of H-pyrrole nitrogens is 1. The highest BCUT2D eigenvalue weighted by Crippen LogP contribution is 2.41. The number of fused-ring (bicyclic) bond motifs is 1. The summed E-state index contributed by atoms with van der Waals surface area (Å²) in [6, 6.07) is 8.52. The van der Waals surface area contributed by atoms with Gasteiger partial charge in [-0.1, -0.05) is 12.1 Å². The van der Waals surface area contributed by atoms with Crippen LogP contribution in [0.25, 0.3) is 10.9 Å². The number of benzene rings is 1. The minimum Gasteiger partial charge on any atom is -0.393 e. The highest BCUT2D eigenvalue weighted by Gasteiger charge is 2.36.